The van der Waals surface area contributed by atoms with Gasteiger partial charge in [-0.3, -0.25) is 0 Å². The fourth-order valence-corrected chi connectivity index (χ4v) is 2.58. The van der Waals surface area contributed by atoms with Crippen LogP contribution in [-0.2, 0) is 10.0 Å². The smallest absolute Gasteiger partial charge is 0.242 e. The van der Waals surface area contributed by atoms with Crippen LogP contribution in [0.2, 0.25) is 5.15 Å². The van der Waals surface area contributed by atoms with Crippen molar-refractivity contribution in [3.63, 3.8) is 0 Å². The number of nitrogens with one attached hydrogen (secondary N) is 1. The molecule has 15 heavy (non-hydrogen) atoms. The second kappa shape index (κ2) is 5.25. The van der Waals surface area contributed by atoms with Gasteiger partial charge in [0.25, 0.3) is 0 Å². The highest BCUT2D eigenvalue weighted by Crippen LogP contribution is 2.22. The third-order valence-electron chi connectivity index (χ3n) is 1.62. The van der Waals surface area contributed by atoms with Gasteiger partial charge in [-0.15, -0.1) is 0 Å². The molecule has 1 heterocycles. The second-order valence-corrected chi connectivity index (χ2v) is 5.82. The van der Waals surface area contributed by atoms with Crippen molar-refractivity contribution in [2.45, 2.75) is 18.2 Å². The molecule has 0 spiro atoms. The minimum atomic E-state index is -3.46. The summed E-state index contributed by atoms with van der Waals surface area (Å²) in [5.74, 6) is 0. The number of aromatic nitrogens is 1. The summed E-state index contributed by atoms with van der Waals surface area (Å²) in [6.45, 7) is 2.29. The molecule has 1 aromatic rings. The quantitative estimate of drug-likeness (QED) is 0.867. The normalized spacial score (nSPS) is 11.7. The summed E-state index contributed by atoms with van der Waals surface area (Å²) in [7, 11) is -3.46. The molecule has 84 valence electrons. The molecule has 1 N–H and O–H groups in total. The topological polar surface area (TPSA) is 59.1 Å². The first-order chi connectivity index (χ1) is 6.97. The van der Waals surface area contributed by atoms with Crippen molar-refractivity contribution in [3.8, 4) is 0 Å². The molecule has 0 aliphatic heterocycles. The number of nitrogens with zero attached hydrogens (tertiary/aromatic N) is 1. The summed E-state index contributed by atoms with van der Waals surface area (Å²) in [4.78, 5) is 3.86. The third-order valence-corrected chi connectivity index (χ3v) is 4.19. The van der Waals surface area contributed by atoms with Crippen molar-refractivity contribution >= 4 is 37.6 Å². The van der Waals surface area contributed by atoms with Crippen molar-refractivity contribution in [3.05, 3.63) is 21.9 Å². The lowest BCUT2D eigenvalue weighted by atomic mass is 10.5. The van der Waals surface area contributed by atoms with E-state index in [4.69, 9.17) is 11.6 Å². The van der Waals surface area contributed by atoms with Crippen LogP contribution in [0.15, 0.2) is 21.6 Å². The number of halogens is 2. The zero-order chi connectivity index (χ0) is 11.5. The maximum atomic E-state index is 11.6. The molecule has 0 saturated heterocycles. The van der Waals surface area contributed by atoms with Gasteiger partial charge < -0.3 is 0 Å². The Balaban J connectivity index is 3.00. The monoisotopic (exact) mass is 312 g/mol. The summed E-state index contributed by atoms with van der Waals surface area (Å²) in [5.41, 5.74) is 0. The molecule has 1 aromatic heterocycles. The van der Waals surface area contributed by atoms with E-state index in [1.807, 2.05) is 6.92 Å². The van der Waals surface area contributed by atoms with Crippen LogP contribution in [0.4, 0.5) is 0 Å². The highest BCUT2D eigenvalue weighted by atomic mass is 79.9. The van der Waals surface area contributed by atoms with Gasteiger partial charge in [0.2, 0.25) is 10.0 Å². The van der Waals surface area contributed by atoms with E-state index in [0.717, 1.165) is 6.42 Å². The van der Waals surface area contributed by atoms with Crippen molar-refractivity contribution in [1.29, 1.82) is 0 Å². The van der Waals surface area contributed by atoms with Gasteiger partial charge in [-0.2, -0.15) is 0 Å². The second-order valence-electron chi connectivity index (χ2n) is 2.84. The molecule has 0 amide bonds. The fraction of sp³-hybridized carbons (Fsp3) is 0.375. The van der Waals surface area contributed by atoms with E-state index < -0.39 is 10.0 Å². The fourth-order valence-electron chi connectivity index (χ4n) is 0.870. The lowest BCUT2D eigenvalue weighted by Crippen LogP contribution is -2.24. The van der Waals surface area contributed by atoms with Crippen LogP contribution >= 0.6 is 27.5 Å². The Morgan fingerprint density at radius 2 is 2.27 bits per heavy atom. The lowest BCUT2D eigenvalue weighted by Gasteiger charge is -2.05. The molecule has 0 radical (unpaired) electrons. The molecule has 0 aliphatic rings. The van der Waals surface area contributed by atoms with Crippen LogP contribution in [0.25, 0.3) is 0 Å². The van der Waals surface area contributed by atoms with Gasteiger partial charge in [0.15, 0.2) is 0 Å². The maximum absolute atomic E-state index is 11.6. The highest BCUT2D eigenvalue weighted by Gasteiger charge is 2.14. The van der Waals surface area contributed by atoms with E-state index >= 15 is 0 Å². The number of sulfonamides is 1. The SMILES string of the molecule is CCCNS(=O)(=O)c1cnc(Cl)c(Br)c1. The Morgan fingerprint density at radius 3 is 2.80 bits per heavy atom. The Labute approximate surface area is 102 Å². The van der Waals surface area contributed by atoms with Gasteiger partial charge in [-0.1, -0.05) is 18.5 Å². The first kappa shape index (κ1) is 12.9. The number of pyridine rings is 1. The molecule has 0 aromatic carbocycles. The van der Waals surface area contributed by atoms with Gasteiger partial charge in [0, 0.05) is 12.7 Å². The Bertz CT molecular complexity index is 450. The standard InChI is InChI=1S/C8H10BrClN2O2S/c1-2-3-12-15(13,14)6-4-7(9)8(10)11-5-6/h4-5,12H,2-3H2,1H3. The van der Waals surface area contributed by atoms with E-state index in [0.29, 0.717) is 11.0 Å². The van der Waals surface area contributed by atoms with Crippen molar-refractivity contribution in [1.82, 2.24) is 9.71 Å². The van der Waals surface area contributed by atoms with Gasteiger partial charge >= 0.3 is 0 Å². The molecular formula is C8H10BrClN2O2S. The van der Waals surface area contributed by atoms with Crippen LogP contribution < -0.4 is 4.72 Å². The van der Waals surface area contributed by atoms with Gasteiger partial charge in [-0.25, -0.2) is 18.1 Å². The first-order valence-electron chi connectivity index (χ1n) is 4.28. The van der Waals surface area contributed by atoms with E-state index in [2.05, 4.69) is 25.6 Å². The molecule has 0 unspecified atom stereocenters. The average molecular weight is 314 g/mol. The van der Waals surface area contributed by atoms with Crippen molar-refractivity contribution in [2.24, 2.45) is 0 Å². The molecule has 0 fully saturated rings. The molecule has 1 rings (SSSR count). The average Bonchev–Trinajstić information content (AvgIpc) is 2.19. The molecule has 0 saturated carbocycles. The van der Waals surface area contributed by atoms with E-state index in [1.165, 1.54) is 12.3 Å². The molecule has 0 bridgehead atoms. The summed E-state index contributed by atoms with van der Waals surface area (Å²) < 4.78 is 26.2. The lowest BCUT2D eigenvalue weighted by molar-refractivity contribution is 0.580. The highest BCUT2D eigenvalue weighted by molar-refractivity contribution is 9.10. The van der Waals surface area contributed by atoms with Crippen molar-refractivity contribution in [2.75, 3.05) is 6.54 Å². The number of hydrogen-bond donors (Lipinski definition) is 1. The summed E-state index contributed by atoms with van der Waals surface area (Å²) >= 11 is 8.78. The van der Waals surface area contributed by atoms with Gasteiger partial charge in [0.05, 0.1) is 4.47 Å². The maximum Gasteiger partial charge on any atom is 0.242 e. The van der Waals surface area contributed by atoms with Crippen LogP contribution in [-0.4, -0.2) is 19.9 Å². The third kappa shape index (κ3) is 3.41. The summed E-state index contributed by atoms with van der Waals surface area (Å²) in [6, 6.07) is 1.42. The van der Waals surface area contributed by atoms with Crippen LogP contribution in [0.1, 0.15) is 13.3 Å². The number of hydrogen-bond acceptors (Lipinski definition) is 3. The largest absolute Gasteiger partial charge is 0.242 e. The zero-order valence-electron chi connectivity index (χ0n) is 8.00. The van der Waals surface area contributed by atoms with Crippen LogP contribution in [0.3, 0.4) is 0 Å². The molecule has 0 aliphatic carbocycles. The minimum Gasteiger partial charge on any atom is -0.242 e. The van der Waals surface area contributed by atoms with E-state index in [1.54, 1.807) is 0 Å². The Hall–Kier alpha value is -0.170. The minimum absolute atomic E-state index is 0.104. The Kier molecular flexibility index (Phi) is 4.51. The van der Waals surface area contributed by atoms with Gasteiger partial charge in [0.1, 0.15) is 10.0 Å². The molecular weight excluding hydrogens is 304 g/mol. The van der Waals surface area contributed by atoms with E-state index in [9.17, 15) is 8.42 Å². The summed E-state index contributed by atoms with van der Waals surface area (Å²) in [6.07, 6.45) is 1.96. The van der Waals surface area contributed by atoms with Crippen molar-refractivity contribution < 1.29 is 8.42 Å². The van der Waals surface area contributed by atoms with Crippen LogP contribution in [0, 0.1) is 0 Å². The number of rotatable bonds is 4. The zero-order valence-corrected chi connectivity index (χ0v) is 11.2. The molecule has 4 nitrogen and oxygen atoms in total. The molecule has 7 heteroatoms. The predicted molar refractivity (Wildman–Crippen MR) is 62.4 cm³/mol. The van der Waals surface area contributed by atoms with E-state index in [-0.39, 0.29) is 10.0 Å². The molecule has 0 atom stereocenters. The first-order valence-corrected chi connectivity index (χ1v) is 6.93. The Morgan fingerprint density at radius 1 is 1.60 bits per heavy atom. The van der Waals surface area contributed by atoms with Crippen LogP contribution in [0.5, 0.6) is 0 Å². The summed E-state index contributed by atoms with van der Waals surface area (Å²) in [5, 5.41) is 0.240. The predicted octanol–water partition coefficient (Wildman–Crippen LogP) is 2.19. The van der Waals surface area contributed by atoms with Gasteiger partial charge in [-0.05, 0) is 28.4 Å².